The van der Waals surface area contributed by atoms with E-state index >= 15 is 0 Å². The summed E-state index contributed by atoms with van der Waals surface area (Å²) in [5, 5.41) is 20.0. The summed E-state index contributed by atoms with van der Waals surface area (Å²) in [6.07, 6.45) is -1.37. The zero-order chi connectivity index (χ0) is 12.0. The molecule has 92 valence electrons. The summed E-state index contributed by atoms with van der Waals surface area (Å²) in [6.45, 7) is 1.62. The fourth-order valence-corrected chi connectivity index (χ4v) is 2.22. The zero-order valence-electron chi connectivity index (χ0n) is 8.89. The van der Waals surface area contributed by atoms with Crippen molar-refractivity contribution < 1.29 is 19.8 Å². The second-order valence-corrected chi connectivity index (χ2v) is 4.70. The zero-order valence-corrected chi connectivity index (χ0v) is 9.70. The maximum Gasteiger partial charge on any atom is 0.332 e. The lowest BCUT2D eigenvalue weighted by Crippen LogP contribution is -2.45. The van der Waals surface area contributed by atoms with Crippen molar-refractivity contribution in [1.82, 2.24) is 10.2 Å². The molecule has 0 spiro atoms. The van der Waals surface area contributed by atoms with Crippen LogP contribution >= 0.6 is 11.8 Å². The number of aliphatic hydroxyl groups is 1. The van der Waals surface area contributed by atoms with E-state index in [0.29, 0.717) is 0 Å². The van der Waals surface area contributed by atoms with Crippen LogP contribution < -0.4 is 5.32 Å². The van der Waals surface area contributed by atoms with Crippen molar-refractivity contribution in [3.63, 3.8) is 0 Å². The van der Waals surface area contributed by atoms with E-state index in [1.165, 1.54) is 0 Å². The van der Waals surface area contributed by atoms with Crippen molar-refractivity contribution in [3.8, 4) is 0 Å². The van der Waals surface area contributed by atoms with E-state index in [4.69, 9.17) is 10.2 Å². The predicted molar refractivity (Wildman–Crippen MR) is 60.6 cm³/mol. The van der Waals surface area contributed by atoms with Crippen LogP contribution in [-0.4, -0.2) is 64.4 Å². The van der Waals surface area contributed by atoms with E-state index in [1.54, 1.807) is 4.90 Å². The third-order valence-corrected chi connectivity index (χ3v) is 3.22. The summed E-state index contributed by atoms with van der Waals surface area (Å²) in [7, 11) is 0. The van der Waals surface area contributed by atoms with E-state index in [9.17, 15) is 9.59 Å². The van der Waals surface area contributed by atoms with E-state index in [0.717, 1.165) is 24.6 Å². The minimum absolute atomic E-state index is 0.0314. The van der Waals surface area contributed by atoms with Crippen LogP contribution in [0.3, 0.4) is 0 Å². The average molecular weight is 248 g/mol. The number of nitrogens with one attached hydrogen (secondary N) is 1. The summed E-state index contributed by atoms with van der Waals surface area (Å²) < 4.78 is 0. The Labute approximate surface area is 98.0 Å². The maximum absolute atomic E-state index is 11.5. The lowest BCUT2D eigenvalue weighted by atomic mass is 10.2. The Kier molecular flexibility index (Phi) is 5.41. The van der Waals surface area contributed by atoms with Crippen LogP contribution in [-0.2, 0) is 4.79 Å². The smallest absolute Gasteiger partial charge is 0.332 e. The number of carboxylic acids is 1. The first kappa shape index (κ1) is 13.1. The second-order valence-electron chi connectivity index (χ2n) is 3.47. The van der Waals surface area contributed by atoms with Crippen molar-refractivity contribution in [2.45, 2.75) is 12.5 Å². The number of aliphatic hydroxyl groups excluding tert-OH is 1. The molecule has 1 aliphatic rings. The number of amides is 2. The highest BCUT2D eigenvalue weighted by molar-refractivity contribution is 7.99. The standard InChI is InChI=1S/C9H16N2O4S/c12-7(8(13)14)1-2-10-9(15)11-3-5-16-6-4-11/h7,12H,1-6H2,(H,10,15)(H,13,14)/t7-/m0/s1. The van der Waals surface area contributed by atoms with Gasteiger partial charge in [0, 0.05) is 37.6 Å². The molecule has 6 nitrogen and oxygen atoms in total. The molecule has 1 saturated heterocycles. The molecule has 3 N–H and O–H groups in total. The summed E-state index contributed by atoms with van der Waals surface area (Å²) >= 11 is 1.81. The van der Waals surface area contributed by atoms with Gasteiger partial charge in [0.05, 0.1) is 0 Å². The quantitative estimate of drug-likeness (QED) is 0.628. The number of urea groups is 1. The first-order valence-corrected chi connectivity index (χ1v) is 6.28. The van der Waals surface area contributed by atoms with E-state index in [2.05, 4.69) is 5.32 Å². The molecular formula is C9H16N2O4S. The van der Waals surface area contributed by atoms with Gasteiger partial charge in [0.1, 0.15) is 0 Å². The molecule has 0 saturated carbocycles. The Morgan fingerprint density at radius 1 is 1.38 bits per heavy atom. The molecule has 7 heteroatoms. The summed E-state index contributed by atoms with van der Waals surface area (Å²) in [6, 6.07) is -0.183. The van der Waals surface area contributed by atoms with Gasteiger partial charge in [0.15, 0.2) is 6.10 Å². The van der Waals surface area contributed by atoms with Crippen LogP contribution in [0, 0.1) is 0 Å². The molecule has 16 heavy (non-hydrogen) atoms. The minimum atomic E-state index is -1.41. The Morgan fingerprint density at radius 2 is 2.00 bits per heavy atom. The molecule has 0 aliphatic carbocycles. The number of carbonyl (C=O) groups excluding carboxylic acids is 1. The predicted octanol–water partition coefficient (Wildman–Crippen LogP) is -0.420. The van der Waals surface area contributed by atoms with Crippen molar-refractivity contribution >= 4 is 23.8 Å². The van der Waals surface area contributed by atoms with Crippen LogP contribution in [0.2, 0.25) is 0 Å². The van der Waals surface area contributed by atoms with E-state index in [1.807, 2.05) is 11.8 Å². The summed E-state index contributed by atoms with van der Waals surface area (Å²) in [4.78, 5) is 23.5. The average Bonchev–Trinajstić information content (AvgIpc) is 2.29. The molecule has 1 atom stereocenters. The number of hydrogen-bond acceptors (Lipinski definition) is 4. The van der Waals surface area contributed by atoms with Gasteiger partial charge in [-0.1, -0.05) is 0 Å². The number of aliphatic carboxylic acids is 1. The van der Waals surface area contributed by atoms with Crippen molar-refractivity contribution in [2.24, 2.45) is 0 Å². The fraction of sp³-hybridized carbons (Fsp3) is 0.778. The van der Waals surface area contributed by atoms with Crippen molar-refractivity contribution in [1.29, 1.82) is 0 Å². The molecule has 0 radical (unpaired) electrons. The third-order valence-electron chi connectivity index (χ3n) is 2.28. The van der Waals surface area contributed by atoms with Crippen LogP contribution in [0.5, 0.6) is 0 Å². The maximum atomic E-state index is 11.5. The summed E-state index contributed by atoms with van der Waals surface area (Å²) in [5.74, 6) is 0.611. The van der Waals surface area contributed by atoms with E-state index < -0.39 is 12.1 Å². The van der Waals surface area contributed by atoms with Gasteiger partial charge in [0.25, 0.3) is 0 Å². The molecule has 1 heterocycles. The molecular weight excluding hydrogens is 232 g/mol. The number of nitrogens with zero attached hydrogens (tertiary/aromatic N) is 1. The van der Waals surface area contributed by atoms with Gasteiger partial charge in [-0.2, -0.15) is 11.8 Å². The number of rotatable bonds is 4. The van der Waals surface area contributed by atoms with Crippen LogP contribution in [0.25, 0.3) is 0 Å². The van der Waals surface area contributed by atoms with Gasteiger partial charge in [-0.25, -0.2) is 9.59 Å². The van der Waals surface area contributed by atoms with Gasteiger partial charge in [-0.05, 0) is 0 Å². The molecule has 0 bridgehead atoms. The minimum Gasteiger partial charge on any atom is -0.479 e. The fourth-order valence-electron chi connectivity index (χ4n) is 1.32. The second kappa shape index (κ2) is 6.59. The highest BCUT2D eigenvalue weighted by Crippen LogP contribution is 2.08. The molecule has 0 aromatic heterocycles. The van der Waals surface area contributed by atoms with Crippen LogP contribution in [0.15, 0.2) is 0 Å². The SMILES string of the molecule is O=C(O)[C@@H](O)CCNC(=O)N1CCSCC1. The highest BCUT2D eigenvalue weighted by Gasteiger charge is 2.17. The lowest BCUT2D eigenvalue weighted by molar-refractivity contribution is -0.146. The Hall–Kier alpha value is -0.950. The summed E-state index contributed by atoms with van der Waals surface area (Å²) in [5.41, 5.74) is 0. The van der Waals surface area contributed by atoms with Crippen molar-refractivity contribution in [2.75, 3.05) is 31.1 Å². The molecule has 0 aromatic carbocycles. The monoisotopic (exact) mass is 248 g/mol. The highest BCUT2D eigenvalue weighted by atomic mass is 32.2. The first-order valence-electron chi connectivity index (χ1n) is 5.12. The van der Waals surface area contributed by atoms with Crippen LogP contribution in [0.4, 0.5) is 4.79 Å². The number of thioether (sulfide) groups is 1. The normalized spacial score (nSPS) is 17.9. The Balaban J connectivity index is 2.16. The van der Waals surface area contributed by atoms with Gasteiger partial charge in [0.2, 0.25) is 0 Å². The molecule has 0 aromatic rings. The van der Waals surface area contributed by atoms with Crippen LogP contribution in [0.1, 0.15) is 6.42 Å². The molecule has 1 aliphatic heterocycles. The van der Waals surface area contributed by atoms with Gasteiger partial charge in [-0.15, -0.1) is 0 Å². The number of hydrogen-bond donors (Lipinski definition) is 3. The number of carbonyl (C=O) groups is 2. The Morgan fingerprint density at radius 3 is 2.56 bits per heavy atom. The first-order chi connectivity index (χ1) is 7.61. The molecule has 1 fully saturated rings. The lowest BCUT2D eigenvalue weighted by Gasteiger charge is -2.26. The van der Waals surface area contributed by atoms with Gasteiger partial charge >= 0.3 is 12.0 Å². The topological polar surface area (TPSA) is 89.9 Å². The molecule has 0 unspecified atom stereocenters. The third kappa shape index (κ3) is 4.28. The molecule has 1 rings (SSSR count). The largest absolute Gasteiger partial charge is 0.479 e. The molecule has 2 amide bonds. The van der Waals surface area contributed by atoms with Gasteiger partial charge < -0.3 is 20.4 Å². The number of carboxylic acid groups (broad SMARTS) is 1. The van der Waals surface area contributed by atoms with Gasteiger partial charge in [-0.3, -0.25) is 0 Å². The van der Waals surface area contributed by atoms with Crippen molar-refractivity contribution in [3.05, 3.63) is 0 Å². The Bertz CT molecular complexity index is 256. The van der Waals surface area contributed by atoms with E-state index in [-0.39, 0.29) is 19.0 Å².